The van der Waals surface area contributed by atoms with Crippen LogP contribution < -0.4 is 5.43 Å². The molecule has 0 amide bonds. The van der Waals surface area contributed by atoms with Crippen LogP contribution in [0.2, 0.25) is 0 Å². The highest BCUT2D eigenvalue weighted by molar-refractivity contribution is 9.10. The standard InChI is InChI=1S/C21H17BrN4O6S/c1-14-2-9-18(10-3-14)33(31,32)13-20(15-4-6-16(22)7-5-15)24-23-19-11-8-17(25(27)28)12-21(19)26(29)30/h2-12,23H,13H2,1H3/b24-20+. The van der Waals surface area contributed by atoms with Gasteiger partial charge in [-0.15, -0.1) is 0 Å². The number of nitrogens with zero attached hydrogens (tertiary/aromatic N) is 3. The number of non-ortho nitro benzene ring substituents is 1. The van der Waals surface area contributed by atoms with Crippen molar-refractivity contribution in [1.82, 2.24) is 0 Å². The zero-order valence-electron chi connectivity index (χ0n) is 17.1. The summed E-state index contributed by atoms with van der Waals surface area (Å²) in [5.74, 6) is -0.481. The minimum atomic E-state index is -3.79. The second-order valence-electron chi connectivity index (χ2n) is 6.97. The van der Waals surface area contributed by atoms with E-state index in [1.54, 1.807) is 36.4 Å². The Labute approximate surface area is 197 Å². The van der Waals surface area contributed by atoms with Crippen LogP contribution >= 0.6 is 15.9 Å². The molecule has 0 heterocycles. The van der Waals surface area contributed by atoms with Crippen molar-refractivity contribution in [2.24, 2.45) is 5.10 Å². The van der Waals surface area contributed by atoms with Gasteiger partial charge in [-0.05, 0) is 42.8 Å². The molecule has 0 aliphatic carbocycles. The number of benzene rings is 3. The molecule has 12 heteroatoms. The van der Waals surface area contributed by atoms with Gasteiger partial charge in [0.1, 0.15) is 5.69 Å². The quantitative estimate of drug-likeness (QED) is 0.247. The van der Waals surface area contributed by atoms with Crippen molar-refractivity contribution < 1.29 is 18.3 Å². The van der Waals surface area contributed by atoms with Gasteiger partial charge in [-0.3, -0.25) is 25.7 Å². The van der Waals surface area contributed by atoms with Crippen LogP contribution in [-0.2, 0) is 9.84 Å². The van der Waals surface area contributed by atoms with Crippen LogP contribution in [0, 0.1) is 27.2 Å². The maximum Gasteiger partial charge on any atom is 0.301 e. The number of sulfone groups is 1. The fourth-order valence-corrected chi connectivity index (χ4v) is 4.41. The molecule has 0 unspecified atom stereocenters. The van der Waals surface area contributed by atoms with Crippen LogP contribution in [0.3, 0.4) is 0 Å². The van der Waals surface area contributed by atoms with Crippen LogP contribution in [0.4, 0.5) is 17.1 Å². The van der Waals surface area contributed by atoms with E-state index in [1.807, 2.05) is 6.92 Å². The van der Waals surface area contributed by atoms with E-state index in [1.165, 1.54) is 12.1 Å². The van der Waals surface area contributed by atoms with Gasteiger partial charge >= 0.3 is 5.69 Å². The number of nitrogens with one attached hydrogen (secondary N) is 1. The third-order valence-electron chi connectivity index (χ3n) is 4.58. The van der Waals surface area contributed by atoms with Crippen molar-refractivity contribution in [3.8, 4) is 0 Å². The second kappa shape index (κ2) is 9.88. The molecule has 170 valence electrons. The summed E-state index contributed by atoms with van der Waals surface area (Å²) in [5, 5.41) is 26.5. The van der Waals surface area contributed by atoms with E-state index in [2.05, 4.69) is 26.5 Å². The highest BCUT2D eigenvalue weighted by atomic mass is 79.9. The maximum absolute atomic E-state index is 13.0. The predicted octanol–water partition coefficient (Wildman–Crippen LogP) is 4.86. The van der Waals surface area contributed by atoms with Gasteiger partial charge in [0.2, 0.25) is 0 Å². The van der Waals surface area contributed by atoms with Crippen LogP contribution in [0.1, 0.15) is 11.1 Å². The Bertz CT molecular complexity index is 1340. The van der Waals surface area contributed by atoms with Crippen molar-refractivity contribution in [3.05, 3.63) is 103 Å². The van der Waals surface area contributed by atoms with Crippen LogP contribution in [0.25, 0.3) is 0 Å². The van der Waals surface area contributed by atoms with E-state index in [9.17, 15) is 28.6 Å². The normalized spacial score (nSPS) is 11.8. The second-order valence-corrected chi connectivity index (χ2v) is 9.87. The first-order valence-electron chi connectivity index (χ1n) is 9.37. The van der Waals surface area contributed by atoms with E-state index in [0.29, 0.717) is 5.56 Å². The van der Waals surface area contributed by atoms with Gasteiger partial charge in [0.15, 0.2) is 9.84 Å². The average molecular weight is 533 g/mol. The number of hydrazone groups is 1. The monoisotopic (exact) mass is 532 g/mol. The average Bonchev–Trinajstić information content (AvgIpc) is 2.77. The number of anilines is 1. The number of rotatable bonds is 8. The zero-order valence-corrected chi connectivity index (χ0v) is 19.5. The lowest BCUT2D eigenvalue weighted by Crippen LogP contribution is -2.19. The summed E-state index contributed by atoms with van der Waals surface area (Å²) < 4.78 is 26.8. The Hall–Kier alpha value is -3.64. The molecular formula is C21H17BrN4O6S. The minimum Gasteiger partial charge on any atom is -0.271 e. The van der Waals surface area contributed by atoms with E-state index in [-0.39, 0.29) is 16.3 Å². The number of hydrogen-bond acceptors (Lipinski definition) is 8. The zero-order chi connectivity index (χ0) is 24.2. The first-order valence-corrected chi connectivity index (χ1v) is 11.8. The van der Waals surface area contributed by atoms with Crippen molar-refractivity contribution in [3.63, 3.8) is 0 Å². The predicted molar refractivity (Wildman–Crippen MR) is 127 cm³/mol. The number of hydrogen-bond donors (Lipinski definition) is 1. The molecule has 1 N–H and O–H groups in total. The third kappa shape index (κ3) is 5.99. The van der Waals surface area contributed by atoms with Crippen molar-refractivity contribution in [2.75, 3.05) is 11.2 Å². The number of halogens is 1. The Morgan fingerprint density at radius 2 is 1.61 bits per heavy atom. The lowest BCUT2D eigenvalue weighted by Gasteiger charge is -2.10. The Morgan fingerprint density at radius 1 is 0.970 bits per heavy atom. The molecule has 0 aromatic heterocycles. The third-order valence-corrected chi connectivity index (χ3v) is 6.76. The molecule has 33 heavy (non-hydrogen) atoms. The smallest absolute Gasteiger partial charge is 0.271 e. The molecular weight excluding hydrogens is 516 g/mol. The van der Waals surface area contributed by atoms with Crippen LogP contribution in [-0.4, -0.2) is 29.7 Å². The summed E-state index contributed by atoms with van der Waals surface area (Å²) in [6.45, 7) is 1.84. The highest BCUT2D eigenvalue weighted by Gasteiger charge is 2.22. The van der Waals surface area contributed by atoms with Crippen molar-refractivity contribution in [2.45, 2.75) is 11.8 Å². The SMILES string of the molecule is Cc1ccc(S(=O)(=O)C/C(=N\Nc2ccc([N+](=O)[O-])cc2[N+](=O)[O-])c2ccc(Br)cc2)cc1. The molecule has 3 aromatic carbocycles. The Morgan fingerprint density at radius 3 is 2.18 bits per heavy atom. The summed E-state index contributed by atoms with van der Waals surface area (Å²) in [6, 6.07) is 16.1. The van der Waals surface area contributed by atoms with Gasteiger partial charge < -0.3 is 0 Å². The Kier molecular flexibility index (Phi) is 7.19. The molecule has 0 saturated carbocycles. The summed E-state index contributed by atoms with van der Waals surface area (Å²) in [7, 11) is -3.79. The van der Waals surface area contributed by atoms with Crippen molar-refractivity contribution >= 4 is 48.5 Å². The molecule has 0 atom stereocenters. The van der Waals surface area contributed by atoms with E-state index in [0.717, 1.165) is 28.2 Å². The molecule has 0 saturated heterocycles. The Balaban J connectivity index is 2.02. The molecule has 10 nitrogen and oxygen atoms in total. The summed E-state index contributed by atoms with van der Waals surface area (Å²) in [5.41, 5.74) is 2.86. The molecule has 0 bridgehead atoms. The number of nitro groups is 2. The first-order chi connectivity index (χ1) is 15.6. The van der Waals surface area contributed by atoms with Gasteiger partial charge in [0, 0.05) is 10.5 Å². The van der Waals surface area contributed by atoms with Gasteiger partial charge in [-0.1, -0.05) is 45.8 Å². The van der Waals surface area contributed by atoms with Gasteiger partial charge in [-0.25, -0.2) is 8.42 Å². The van der Waals surface area contributed by atoms with Gasteiger partial charge in [0.25, 0.3) is 5.69 Å². The summed E-state index contributed by atoms with van der Waals surface area (Å²) in [4.78, 5) is 20.9. The van der Waals surface area contributed by atoms with Crippen LogP contribution in [0.5, 0.6) is 0 Å². The molecule has 0 aliphatic rings. The highest BCUT2D eigenvalue weighted by Crippen LogP contribution is 2.29. The fourth-order valence-electron chi connectivity index (χ4n) is 2.84. The van der Waals surface area contributed by atoms with E-state index in [4.69, 9.17) is 0 Å². The van der Waals surface area contributed by atoms with Gasteiger partial charge in [-0.2, -0.15) is 5.10 Å². The summed E-state index contributed by atoms with van der Waals surface area (Å²) in [6.07, 6.45) is 0. The largest absolute Gasteiger partial charge is 0.301 e. The first kappa shape index (κ1) is 24.0. The number of aryl methyl sites for hydroxylation is 1. The van der Waals surface area contributed by atoms with Crippen molar-refractivity contribution in [1.29, 1.82) is 0 Å². The van der Waals surface area contributed by atoms with E-state index < -0.39 is 36.8 Å². The molecule has 0 aliphatic heterocycles. The minimum absolute atomic E-state index is 0.107. The topological polar surface area (TPSA) is 145 Å². The lowest BCUT2D eigenvalue weighted by atomic mass is 10.1. The molecule has 3 aromatic rings. The van der Waals surface area contributed by atoms with E-state index >= 15 is 0 Å². The molecule has 0 fully saturated rings. The fraction of sp³-hybridized carbons (Fsp3) is 0.0952. The summed E-state index contributed by atoms with van der Waals surface area (Å²) >= 11 is 3.32. The number of nitro benzene ring substituents is 2. The molecule has 3 rings (SSSR count). The van der Waals surface area contributed by atoms with Gasteiger partial charge in [0.05, 0.1) is 32.3 Å². The lowest BCUT2D eigenvalue weighted by molar-refractivity contribution is -0.393. The molecule has 0 spiro atoms. The molecule has 0 radical (unpaired) electrons. The van der Waals surface area contributed by atoms with Crippen LogP contribution in [0.15, 0.2) is 81.2 Å². The maximum atomic E-state index is 13.0.